The van der Waals surface area contributed by atoms with Gasteiger partial charge in [0.05, 0.1) is 24.9 Å². The predicted octanol–water partition coefficient (Wildman–Crippen LogP) is 3.51. The van der Waals surface area contributed by atoms with Gasteiger partial charge in [-0.3, -0.25) is 9.59 Å². The molecule has 0 bridgehead atoms. The minimum atomic E-state index is 0.00619. The Hall–Kier alpha value is -3.40. The number of carbonyl (C=O) groups excluding carboxylic acids is 2. The van der Waals surface area contributed by atoms with Crippen LogP contribution in [0.1, 0.15) is 55.3 Å². The van der Waals surface area contributed by atoms with E-state index in [1.165, 1.54) is 12.8 Å². The molecular formula is C29H39N7O3. The summed E-state index contributed by atoms with van der Waals surface area (Å²) in [4.78, 5) is 44.5. The van der Waals surface area contributed by atoms with Crippen molar-refractivity contribution in [3.8, 4) is 5.75 Å². The molecule has 2 aliphatic carbocycles. The Balaban J connectivity index is 1.30. The van der Waals surface area contributed by atoms with Crippen molar-refractivity contribution >= 4 is 35.0 Å². The van der Waals surface area contributed by atoms with E-state index in [1.54, 1.807) is 24.3 Å². The molecule has 0 radical (unpaired) electrons. The smallest absolute Gasteiger partial charge is 0.254 e. The molecule has 1 aromatic carbocycles. The molecule has 2 atom stereocenters. The van der Waals surface area contributed by atoms with E-state index in [-0.39, 0.29) is 23.8 Å². The molecular weight excluding hydrogens is 494 g/mol. The van der Waals surface area contributed by atoms with Crippen LogP contribution in [0.3, 0.4) is 0 Å². The molecule has 2 saturated carbocycles. The number of methoxy groups -OCH3 is 1. The second kappa shape index (κ2) is 10.6. The Morgan fingerprint density at radius 2 is 1.79 bits per heavy atom. The Bertz CT molecular complexity index is 1240. The van der Waals surface area contributed by atoms with E-state index in [0.29, 0.717) is 29.0 Å². The van der Waals surface area contributed by atoms with Crippen molar-refractivity contribution in [3.05, 3.63) is 30.0 Å². The minimum Gasteiger partial charge on any atom is -0.495 e. The number of nitrogens with zero attached hydrogens (tertiary/aromatic N) is 6. The number of benzene rings is 1. The van der Waals surface area contributed by atoms with Gasteiger partial charge in [-0.2, -0.15) is 4.98 Å². The van der Waals surface area contributed by atoms with Crippen LogP contribution in [-0.4, -0.2) is 91.0 Å². The van der Waals surface area contributed by atoms with Crippen LogP contribution in [0, 0.1) is 5.92 Å². The predicted molar refractivity (Wildman–Crippen MR) is 151 cm³/mol. The number of amides is 2. The normalized spacial score (nSPS) is 24.0. The summed E-state index contributed by atoms with van der Waals surface area (Å²) in [7, 11) is 5.53. The number of fused-ring (bicyclic) bond motifs is 2. The van der Waals surface area contributed by atoms with Gasteiger partial charge in [0.1, 0.15) is 11.4 Å². The lowest BCUT2D eigenvalue weighted by atomic mass is 9.99. The zero-order valence-electron chi connectivity index (χ0n) is 23.2. The zero-order valence-corrected chi connectivity index (χ0v) is 23.2. The fourth-order valence-electron chi connectivity index (χ4n) is 6.81. The number of nitrogens with one attached hydrogen (secondary N) is 1. The molecule has 208 valence electrons. The molecule has 2 amide bonds. The van der Waals surface area contributed by atoms with Gasteiger partial charge in [-0.1, -0.05) is 19.3 Å². The maximum atomic E-state index is 13.4. The van der Waals surface area contributed by atoms with Gasteiger partial charge in [-0.05, 0) is 50.9 Å². The van der Waals surface area contributed by atoms with Crippen LogP contribution in [0.15, 0.2) is 24.4 Å². The number of anilines is 4. The van der Waals surface area contributed by atoms with Crippen LogP contribution in [0.25, 0.3) is 0 Å². The first-order valence-corrected chi connectivity index (χ1v) is 14.3. The molecule has 3 fully saturated rings. The number of likely N-dealkylation sites (N-methyl/N-ethyl adjacent to an activating group) is 1. The van der Waals surface area contributed by atoms with Crippen LogP contribution in [0.2, 0.25) is 0 Å². The van der Waals surface area contributed by atoms with E-state index in [9.17, 15) is 9.59 Å². The van der Waals surface area contributed by atoms with E-state index < -0.39 is 0 Å². The molecule has 2 unspecified atom stereocenters. The van der Waals surface area contributed by atoms with Gasteiger partial charge in [0.2, 0.25) is 11.9 Å². The zero-order chi connectivity index (χ0) is 27.1. The molecule has 39 heavy (non-hydrogen) atoms. The van der Waals surface area contributed by atoms with Crippen LogP contribution in [-0.2, 0) is 4.79 Å². The van der Waals surface area contributed by atoms with Gasteiger partial charge in [-0.25, -0.2) is 4.98 Å². The molecule has 2 aliphatic heterocycles. The third-order valence-corrected chi connectivity index (χ3v) is 9.04. The highest BCUT2D eigenvalue weighted by Crippen LogP contribution is 2.45. The van der Waals surface area contributed by atoms with Crippen LogP contribution >= 0.6 is 0 Å². The van der Waals surface area contributed by atoms with E-state index in [4.69, 9.17) is 9.72 Å². The maximum Gasteiger partial charge on any atom is 0.254 e. The standard InChI is InChI=1S/C29H39N7O3/c1-33-13-15-35(16-14-33)27(37)19-11-12-22(25(17-19)39-3)31-29-30-18-24-26(32-29)36(20-7-4-5-8-20)23-10-6-9-21(23)28(38)34(24)2/h11-12,17-18,20-21,23H,4-10,13-16H2,1-3H3,(H,30,31,32). The molecule has 1 saturated heterocycles. The number of aromatic nitrogens is 2. The van der Waals surface area contributed by atoms with Crippen molar-refractivity contribution in [2.75, 3.05) is 62.5 Å². The summed E-state index contributed by atoms with van der Waals surface area (Å²) in [6.07, 6.45) is 9.47. The number of piperazine rings is 1. The summed E-state index contributed by atoms with van der Waals surface area (Å²) < 4.78 is 5.68. The topological polar surface area (TPSA) is 94.1 Å². The van der Waals surface area contributed by atoms with Crippen molar-refractivity contribution < 1.29 is 14.3 Å². The van der Waals surface area contributed by atoms with Gasteiger partial charge in [0.15, 0.2) is 5.82 Å². The van der Waals surface area contributed by atoms with Crippen LogP contribution in [0.5, 0.6) is 5.75 Å². The quantitative estimate of drug-likeness (QED) is 0.624. The molecule has 2 aromatic rings. The molecule has 6 rings (SSSR count). The fraction of sp³-hybridized carbons (Fsp3) is 0.586. The Morgan fingerprint density at radius 1 is 1.03 bits per heavy atom. The number of hydrogen-bond donors (Lipinski definition) is 1. The minimum absolute atomic E-state index is 0.00619. The lowest BCUT2D eigenvalue weighted by Gasteiger charge is -2.36. The first-order valence-electron chi connectivity index (χ1n) is 14.3. The Kier molecular flexibility index (Phi) is 7.05. The monoisotopic (exact) mass is 533 g/mol. The van der Waals surface area contributed by atoms with Crippen molar-refractivity contribution in [1.82, 2.24) is 19.8 Å². The van der Waals surface area contributed by atoms with E-state index >= 15 is 0 Å². The molecule has 3 heterocycles. The molecule has 10 heteroatoms. The first kappa shape index (κ1) is 25.9. The first-order chi connectivity index (χ1) is 18.9. The summed E-state index contributed by atoms with van der Waals surface area (Å²) in [5, 5.41) is 3.33. The van der Waals surface area contributed by atoms with E-state index in [2.05, 4.69) is 27.1 Å². The molecule has 1 aromatic heterocycles. The largest absolute Gasteiger partial charge is 0.495 e. The van der Waals surface area contributed by atoms with Gasteiger partial charge in [0, 0.05) is 50.9 Å². The highest BCUT2D eigenvalue weighted by atomic mass is 16.5. The van der Waals surface area contributed by atoms with Crippen LogP contribution in [0.4, 0.5) is 23.1 Å². The Morgan fingerprint density at radius 3 is 2.54 bits per heavy atom. The lowest BCUT2D eigenvalue weighted by molar-refractivity contribution is -0.122. The Labute approximate surface area is 230 Å². The van der Waals surface area contributed by atoms with Gasteiger partial charge in [-0.15, -0.1) is 0 Å². The number of rotatable bonds is 5. The average molecular weight is 534 g/mol. The highest BCUT2D eigenvalue weighted by Gasteiger charge is 2.46. The van der Waals surface area contributed by atoms with Crippen molar-refractivity contribution in [1.29, 1.82) is 0 Å². The second-order valence-corrected chi connectivity index (χ2v) is 11.4. The van der Waals surface area contributed by atoms with Gasteiger partial charge < -0.3 is 29.7 Å². The molecule has 1 N–H and O–H groups in total. The summed E-state index contributed by atoms with van der Waals surface area (Å²) in [5.74, 6) is 2.04. The third kappa shape index (κ3) is 4.79. The summed E-state index contributed by atoms with van der Waals surface area (Å²) in [6, 6.07) is 6.05. The third-order valence-electron chi connectivity index (χ3n) is 9.04. The second-order valence-electron chi connectivity index (χ2n) is 11.4. The van der Waals surface area contributed by atoms with Crippen molar-refractivity contribution in [2.45, 2.75) is 57.0 Å². The molecule has 0 spiro atoms. The lowest BCUT2D eigenvalue weighted by Crippen LogP contribution is -2.47. The van der Waals surface area contributed by atoms with Crippen LogP contribution < -0.4 is 19.9 Å². The van der Waals surface area contributed by atoms with Gasteiger partial charge >= 0.3 is 0 Å². The maximum absolute atomic E-state index is 13.4. The summed E-state index contributed by atoms with van der Waals surface area (Å²) in [6.45, 7) is 3.19. The average Bonchev–Trinajstić information content (AvgIpc) is 3.65. The van der Waals surface area contributed by atoms with E-state index in [0.717, 1.165) is 69.8 Å². The van der Waals surface area contributed by atoms with Crippen molar-refractivity contribution in [2.24, 2.45) is 5.92 Å². The fourth-order valence-corrected chi connectivity index (χ4v) is 6.81. The van der Waals surface area contributed by atoms with Crippen molar-refractivity contribution in [3.63, 3.8) is 0 Å². The SMILES string of the molecule is COc1cc(C(=O)N2CCN(C)CC2)ccc1Nc1ncc2c(n1)N(C1CCCC1)C1CCCC1C(=O)N2C. The summed E-state index contributed by atoms with van der Waals surface area (Å²) in [5.41, 5.74) is 2.06. The van der Waals surface area contributed by atoms with E-state index in [1.807, 2.05) is 24.1 Å². The number of hydrogen-bond acceptors (Lipinski definition) is 8. The number of carbonyl (C=O) groups is 2. The molecule has 4 aliphatic rings. The highest BCUT2D eigenvalue weighted by molar-refractivity contribution is 6.00. The molecule has 10 nitrogen and oxygen atoms in total. The number of ether oxygens (including phenoxy) is 1. The summed E-state index contributed by atoms with van der Waals surface area (Å²) >= 11 is 0. The van der Waals surface area contributed by atoms with Gasteiger partial charge in [0.25, 0.3) is 5.91 Å².